The Labute approximate surface area is 76.8 Å². The fourth-order valence-electron chi connectivity index (χ4n) is 0.765. The van der Waals surface area contributed by atoms with E-state index in [4.69, 9.17) is 0 Å². The Balaban J connectivity index is 3.07. The molecule has 0 saturated heterocycles. The van der Waals surface area contributed by atoms with E-state index in [1.807, 2.05) is 0 Å². The minimum atomic E-state index is -1.12. The van der Waals surface area contributed by atoms with Crippen molar-refractivity contribution in [2.75, 3.05) is 13.4 Å². The van der Waals surface area contributed by atoms with Crippen LogP contribution in [0.5, 0.6) is 0 Å². The van der Waals surface area contributed by atoms with Gasteiger partial charge in [0.15, 0.2) is 0 Å². The van der Waals surface area contributed by atoms with Gasteiger partial charge in [-0.25, -0.2) is 4.79 Å². The summed E-state index contributed by atoms with van der Waals surface area (Å²) in [5.74, 6) is -0.421. The molecule has 0 aromatic carbocycles. The van der Waals surface area contributed by atoms with Crippen LogP contribution in [0.15, 0.2) is 16.3 Å². The third-order valence-electron chi connectivity index (χ3n) is 1.31. The van der Waals surface area contributed by atoms with Gasteiger partial charge in [-0.3, -0.25) is 4.21 Å². The number of esters is 1. The predicted molar refractivity (Wildman–Crippen MR) is 48.0 cm³/mol. The molecule has 0 aliphatic rings. The first-order valence-electron chi connectivity index (χ1n) is 3.16. The van der Waals surface area contributed by atoms with Crippen LogP contribution >= 0.6 is 11.3 Å². The van der Waals surface area contributed by atoms with Crippen molar-refractivity contribution in [3.05, 3.63) is 16.3 Å². The summed E-state index contributed by atoms with van der Waals surface area (Å²) in [5, 5.41) is 1.73. The lowest BCUT2D eigenvalue weighted by Gasteiger charge is -1.97. The van der Waals surface area contributed by atoms with Crippen molar-refractivity contribution in [1.29, 1.82) is 0 Å². The molecule has 0 saturated carbocycles. The van der Waals surface area contributed by atoms with Crippen LogP contribution in [0.1, 0.15) is 9.67 Å². The number of carbonyl (C=O) groups is 1. The van der Waals surface area contributed by atoms with Crippen LogP contribution in [-0.2, 0) is 15.5 Å². The van der Waals surface area contributed by atoms with Crippen LogP contribution in [0.3, 0.4) is 0 Å². The van der Waals surface area contributed by atoms with E-state index in [0.29, 0.717) is 9.77 Å². The van der Waals surface area contributed by atoms with Gasteiger partial charge in [-0.15, -0.1) is 11.3 Å². The first-order valence-corrected chi connectivity index (χ1v) is 5.60. The van der Waals surface area contributed by atoms with Gasteiger partial charge in [-0.1, -0.05) is 0 Å². The van der Waals surface area contributed by atoms with Crippen molar-refractivity contribution in [2.24, 2.45) is 0 Å². The molecule has 12 heavy (non-hydrogen) atoms. The van der Waals surface area contributed by atoms with E-state index in [9.17, 15) is 9.00 Å². The Kier molecular flexibility index (Phi) is 2.99. The van der Waals surface area contributed by atoms with Gasteiger partial charge in [0.25, 0.3) is 0 Å². The molecule has 3 nitrogen and oxygen atoms in total. The smallest absolute Gasteiger partial charge is 0.349 e. The summed E-state index contributed by atoms with van der Waals surface area (Å²) in [7, 11) is 0.188. The van der Waals surface area contributed by atoms with Gasteiger partial charge in [-0.2, -0.15) is 0 Å². The van der Waals surface area contributed by atoms with Crippen molar-refractivity contribution >= 4 is 28.1 Å². The summed E-state index contributed by atoms with van der Waals surface area (Å²) in [6.45, 7) is 0. The molecular formula is C7H8O3S2. The standard InChI is InChI=1S/C7H8O3S2/c1-10-7(8)6-5(12(2)9)3-4-11-6/h3-4H,1-2H3/t12-/m0/s1. The zero-order chi connectivity index (χ0) is 9.14. The molecule has 0 spiro atoms. The summed E-state index contributed by atoms with van der Waals surface area (Å²) in [5.41, 5.74) is 0. The Bertz CT molecular complexity index is 316. The van der Waals surface area contributed by atoms with Gasteiger partial charge < -0.3 is 4.74 Å². The first-order chi connectivity index (χ1) is 5.66. The van der Waals surface area contributed by atoms with Crippen molar-refractivity contribution in [2.45, 2.75) is 4.90 Å². The average molecular weight is 204 g/mol. The third-order valence-corrected chi connectivity index (χ3v) is 3.29. The Morgan fingerprint density at radius 2 is 2.33 bits per heavy atom. The fraction of sp³-hybridized carbons (Fsp3) is 0.286. The lowest BCUT2D eigenvalue weighted by Crippen LogP contribution is -2.02. The highest BCUT2D eigenvalue weighted by atomic mass is 32.2. The van der Waals surface area contributed by atoms with Crippen LogP contribution in [0, 0.1) is 0 Å². The number of methoxy groups -OCH3 is 1. The molecule has 0 bridgehead atoms. The Hall–Kier alpha value is -0.680. The SMILES string of the molecule is COC(=O)c1sccc1[S@](C)=O. The van der Waals surface area contributed by atoms with E-state index in [2.05, 4.69) is 4.74 Å². The summed E-state index contributed by atoms with van der Waals surface area (Å²) in [4.78, 5) is 12.0. The fourth-order valence-corrected chi connectivity index (χ4v) is 2.66. The van der Waals surface area contributed by atoms with E-state index in [1.165, 1.54) is 24.7 Å². The zero-order valence-electron chi connectivity index (χ0n) is 6.70. The van der Waals surface area contributed by atoms with Crippen LogP contribution in [0.4, 0.5) is 0 Å². The highest BCUT2D eigenvalue weighted by molar-refractivity contribution is 7.84. The van der Waals surface area contributed by atoms with Crippen molar-refractivity contribution in [3.8, 4) is 0 Å². The monoisotopic (exact) mass is 204 g/mol. The lowest BCUT2D eigenvalue weighted by atomic mass is 10.5. The number of hydrogen-bond acceptors (Lipinski definition) is 4. The third kappa shape index (κ3) is 1.73. The first kappa shape index (κ1) is 9.41. The molecule has 1 aromatic heterocycles. The van der Waals surface area contributed by atoms with Crippen LogP contribution in [0.2, 0.25) is 0 Å². The molecule has 0 fully saturated rings. The normalized spacial score (nSPS) is 12.5. The maximum Gasteiger partial charge on any atom is 0.349 e. The molecule has 1 aromatic rings. The molecule has 0 N–H and O–H groups in total. The summed E-state index contributed by atoms with van der Waals surface area (Å²) < 4.78 is 15.6. The van der Waals surface area contributed by atoms with Gasteiger partial charge in [0.2, 0.25) is 0 Å². The lowest BCUT2D eigenvalue weighted by molar-refractivity contribution is 0.0602. The minimum absolute atomic E-state index is 0.421. The Morgan fingerprint density at radius 1 is 1.67 bits per heavy atom. The molecule has 1 atom stereocenters. The average Bonchev–Trinajstić information content (AvgIpc) is 2.50. The minimum Gasteiger partial charge on any atom is -0.465 e. The topological polar surface area (TPSA) is 43.4 Å². The molecule has 1 rings (SSSR count). The van der Waals surface area contributed by atoms with E-state index < -0.39 is 16.8 Å². The second-order valence-corrected chi connectivity index (χ2v) is 4.32. The second-order valence-electron chi connectivity index (χ2n) is 2.06. The van der Waals surface area contributed by atoms with Crippen molar-refractivity contribution < 1.29 is 13.7 Å². The molecule has 1 heterocycles. The molecule has 0 unspecified atom stereocenters. The van der Waals surface area contributed by atoms with E-state index in [0.717, 1.165) is 0 Å². The number of rotatable bonds is 2. The quantitative estimate of drug-likeness (QED) is 0.681. The van der Waals surface area contributed by atoms with E-state index in [-0.39, 0.29) is 0 Å². The number of carbonyl (C=O) groups excluding carboxylic acids is 1. The molecule has 66 valence electrons. The number of hydrogen-bond donors (Lipinski definition) is 0. The highest BCUT2D eigenvalue weighted by Crippen LogP contribution is 2.20. The second kappa shape index (κ2) is 3.82. The van der Waals surface area contributed by atoms with Gasteiger partial charge in [0.1, 0.15) is 4.88 Å². The van der Waals surface area contributed by atoms with E-state index >= 15 is 0 Å². The zero-order valence-corrected chi connectivity index (χ0v) is 8.33. The number of thiophene rings is 1. The van der Waals surface area contributed by atoms with Crippen LogP contribution < -0.4 is 0 Å². The maximum absolute atomic E-state index is 11.1. The van der Waals surface area contributed by atoms with Crippen LogP contribution in [0.25, 0.3) is 0 Å². The van der Waals surface area contributed by atoms with Crippen molar-refractivity contribution in [3.63, 3.8) is 0 Å². The van der Waals surface area contributed by atoms with Gasteiger partial charge in [-0.05, 0) is 11.4 Å². The van der Waals surface area contributed by atoms with Gasteiger partial charge >= 0.3 is 5.97 Å². The molecule has 5 heteroatoms. The van der Waals surface area contributed by atoms with Gasteiger partial charge in [0.05, 0.1) is 22.8 Å². The molecular weight excluding hydrogens is 196 g/mol. The summed E-state index contributed by atoms with van der Waals surface area (Å²) in [6, 6.07) is 1.67. The summed E-state index contributed by atoms with van der Waals surface area (Å²) >= 11 is 1.24. The maximum atomic E-state index is 11.1. The Morgan fingerprint density at radius 3 is 2.83 bits per heavy atom. The number of ether oxygens (including phenoxy) is 1. The predicted octanol–water partition coefficient (Wildman–Crippen LogP) is 1.27. The molecule has 0 aliphatic heterocycles. The van der Waals surface area contributed by atoms with E-state index in [1.54, 1.807) is 11.4 Å². The molecule has 0 amide bonds. The van der Waals surface area contributed by atoms with Crippen LogP contribution in [-0.4, -0.2) is 23.5 Å². The van der Waals surface area contributed by atoms with Crippen molar-refractivity contribution in [1.82, 2.24) is 0 Å². The molecule has 0 radical (unpaired) electrons. The largest absolute Gasteiger partial charge is 0.465 e. The summed E-state index contributed by atoms with van der Waals surface area (Å²) in [6.07, 6.45) is 1.54. The highest BCUT2D eigenvalue weighted by Gasteiger charge is 2.15. The van der Waals surface area contributed by atoms with Gasteiger partial charge in [0, 0.05) is 6.26 Å². The molecule has 0 aliphatic carbocycles.